The minimum atomic E-state index is -1.77. The van der Waals surface area contributed by atoms with Gasteiger partial charge in [-0.05, 0) is 0 Å². The Kier molecular flexibility index (Phi) is 8.67. The third-order valence-electron chi connectivity index (χ3n) is 3.22. The van der Waals surface area contributed by atoms with Gasteiger partial charge < -0.3 is 0 Å². The third kappa shape index (κ3) is 8.26. The molecule has 0 aliphatic rings. The number of nitrogens with one attached hydrogen (secondary N) is 3. The van der Waals surface area contributed by atoms with Crippen LogP contribution in [0.2, 0.25) is 0 Å². The molecule has 0 saturated carbocycles. The fourth-order valence-corrected chi connectivity index (χ4v) is 3.04. The first-order chi connectivity index (χ1) is 12.7. The van der Waals surface area contributed by atoms with Gasteiger partial charge in [0.15, 0.2) is 0 Å². The number of carbonyl (C=O) groups is 1. The zero-order chi connectivity index (χ0) is 19.9. The number of carbonyl (C=O) groups excluding carboxylic acids is 1. The van der Waals surface area contributed by atoms with Gasteiger partial charge in [-0.1, -0.05) is 0 Å². The van der Waals surface area contributed by atoms with E-state index in [0.29, 0.717) is 4.67 Å². The van der Waals surface area contributed by atoms with E-state index >= 15 is 0 Å². The zero-order valence-electron chi connectivity index (χ0n) is 13.8. The van der Waals surface area contributed by atoms with Crippen molar-refractivity contribution in [3.05, 3.63) is 70.7 Å². The van der Waals surface area contributed by atoms with Gasteiger partial charge in [0.05, 0.1) is 0 Å². The molecule has 3 N–H and O–H groups in total. The average molecular weight is 555 g/mol. The van der Waals surface area contributed by atoms with E-state index in [1.807, 2.05) is 54.6 Å². The van der Waals surface area contributed by atoms with Gasteiger partial charge in [0.1, 0.15) is 0 Å². The number of amides is 1. The van der Waals surface area contributed by atoms with Crippen LogP contribution >= 0.6 is 50.7 Å². The van der Waals surface area contributed by atoms with E-state index in [1.54, 1.807) is 6.08 Å². The van der Waals surface area contributed by atoms with Gasteiger partial charge in [0.2, 0.25) is 0 Å². The summed E-state index contributed by atoms with van der Waals surface area (Å²) >= 11 is 24.2. The molecule has 9 heteroatoms. The molecule has 0 radical (unpaired) electrons. The normalized spacial score (nSPS) is 12.4. The molecule has 2 aromatic rings. The zero-order valence-corrected chi connectivity index (χ0v) is 19.3. The molecule has 1 atom stereocenters. The summed E-state index contributed by atoms with van der Waals surface area (Å²) in [6, 6.07) is 16.9. The second kappa shape index (κ2) is 10.5. The fourth-order valence-electron chi connectivity index (χ4n) is 1.96. The third-order valence-corrected chi connectivity index (χ3v) is 4.86. The number of rotatable bonds is 7. The van der Waals surface area contributed by atoms with Crippen molar-refractivity contribution in [3.8, 4) is 0 Å². The average Bonchev–Trinajstić information content (AvgIpc) is 2.61. The summed E-state index contributed by atoms with van der Waals surface area (Å²) in [4.78, 5) is 12.2. The van der Waals surface area contributed by atoms with Crippen LogP contribution < -0.4 is 16.0 Å². The Morgan fingerprint density at radius 2 is 1.67 bits per heavy atom. The summed E-state index contributed by atoms with van der Waals surface area (Å²) in [7, 11) is 0. The van der Waals surface area contributed by atoms with Crippen LogP contribution in [0.5, 0.6) is 0 Å². The van der Waals surface area contributed by atoms with E-state index < -0.39 is 15.9 Å². The molecule has 4 nitrogen and oxygen atoms in total. The first kappa shape index (κ1) is 22.3. The van der Waals surface area contributed by atoms with Crippen LogP contribution in [0.1, 0.15) is 5.56 Å². The molecule has 0 spiro atoms. The van der Waals surface area contributed by atoms with Gasteiger partial charge in [0.25, 0.3) is 0 Å². The van der Waals surface area contributed by atoms with Gasteiger partial charge in [-0.15, -0.1) is 0 Å². The van der Waals surface area contributed by atoms with Gasteiger partial charge in [-0.25, -0.2) is 0 Å². The number of halogens is 4. The Labute approximate surface area is 189 Å². The predicted molar refractivity (Wildman–Crippen MR) is 119 cm³/mol. The second-order valence-corrected chi connectivity index (χ2v) is 9.47. The van der Waals surface area contributed by atoms with Gasteiger partial charge in [-0.2, -0.15) is 0 Å². The molecule has 1 unspecified atom stereocenters. The Morgan fingerprint density at radius 1 is 1.04 bits per heavy atom. The summed E-state index contributed by atoms with van der Waals surface area (Å²) in [5, 5.41) is 8.64. The quantitative estimate of drug-likeness (QED) is 0.208. The van der Waals surface area contributed by atoms with Gasteiger partial charge >= 0.3 is 190 Å². The Hall–Kier alpha value is -1.01. The molecule has 27 heavy (non-hydrogen) atoms. The monoisotopic (exact) mass is 553 g/mol. The van der Waals surface area contributed by atoms with Crippen molar-refractivity contribution >= 4 is 88.6 Å². The van der Waals surface area contributed by atoms with Crippen molar-refractivity contribution in [3.63, 3.8) is 0 Å². The molecule has 2 aromatic carbocycles. The van der Waals surface area contributed by atoms with E-state index in [1.165, 1.54) is 6.08 Å². The Balaban J connectivity index is 1.98. The number of hydrogen-bond donors (Lipinski definition) is 3. The maximum atomic E-state index is 12.2. The van der Waals surface area contributed by atoms with E-state index in [2.05, 4.69) is 47.5 Å². The molecule has 142 valence electrons. The molecule has 2 rings (SSSR count). The predicted octanol–water partition coefficient (Wildman–Crippen LogP) is 4.23. The van der Waals surface area contributed by atoms with E-state index in [0.717, 1.165) is 15.7 Å². The minimum absolute atomic E-state index is 0.404. The van der Waals surface area contributed by atoms with Crippen LogP contribution in [-0.2, 0) is 4.79 Å². The standard InChI is InChI=1S/C18H15BrCl3N3OSe/c19-13-7-9-14(10-8-13)23-17(27)25-16(18(20,21)22)24-15(26)11-6-12-4-2-1-3-5-12/h1-11,16H,(H,24,26)(H2,23,25,27)/b11-6+. The number of benzene rings is 2. The van der Waals surface area contributed by atoms with Crippen molar-refractivity contribution in [2.75, 3.05) is 5.32 Å². The summed E-state index contributed by atoms with van der Waals surface area (Å²) in [6.45, 7) is 0. The van der Waals surface area contributed by atoms with Gasteiger partial charge in [-0.3, -0.25) is 0 Å². The molecular formula is C18H15BrCl3N3OSe. The molecule has 1 amide bonds. The van der Waals surface area contributed by atoms with Crippen LogP contribution in [0.25, 0.3) is 6.08 Å². The SMILES string of the molecule is O=C(/C=C/c1ccccc1)NC(NC(=[Se])Nc1ccc(Br)cc1)C(Cl)(Cl)Cl. The summed E-state index contributed by atoms with van der Waals surface area (Å²) < 4.78 is -0.326. The van der Waals surface area contributed by atoms with Crippen molar-refractivity contribution in [1.29, 1.82) is 0 Å². The number of hydrogen-bond acceptors (Lipinski definition) is 3. The molecular weight excluding hydrogens is 539 g/mol. The van der Waals surface area contributed by atoms with E-state index in [9.17, 15) is 4.79 Å². The van der Waals surface area contributed by atoms with Crippen molar-refractivity contribution < 1.29 is 4.79 Å². The summed E-state index contributed by atoms with van der Waals surface area (Å²) in [6.07, 6.45) is 2.09. The fraction of sp³-hybridized carbons (Fsp3) is 0.111. The number of anilines is 1. The van der Waals surface area contributed by atoms with Crippen LogP contribution in [0.15, 0.2) is 65.1 Å². The van der Waals surface area contributed by atoms with Crippen molar-refractivity contribution in [2.45, 2.75) is 9.96 Å². The van der Waals surface area contributed by atoms with Crippen molar-refractivity contribution in [2.24, 2.45) is 0 Å². The van der Waals surface area contributed by atoms with Crippen molar-refractivity contribution in [1.82, 2.24) is 10.6 Å². The Morgan fingerprint density at radius 3 is 2.26 bits per heavy atom. The number of alkyl halides is 3. The van der Waals surface area contributed by atoms with Crippen LogP contribution in [0.4, 0.5) is 5.69 Å². The first-order valence-electron chi connectivity index (χ1n) is 7.67. The van der Waals surface area contributed by atoms with E-state index in [4.69, 9.17) is 34.8 Å². The van der Waals surface area contributed by atoms with Crippen LogP contribution in [0, 0.1) is 0 Å². The van der Waals surface area contributed by atoms with E-state index in [-0.39, 0.29) is 0 Å². The first-order valence-corrected chi connectivity index (χ1v) is 10.5. The molecule has 0 heterocycles. The second-order valence-electron chi connectivity index (χ2n) is 5.33. The molecule has 0 aliphatic heterocycles. The van der Waals surface area contributed by atoms with Crippen LogP contribution in [0.3, 0.4) is 0 Å². The molecule has 0 bridgehead atoms. The Bertz CT molecular complexity index is 811. The van der Waals surface area contributed by atoms with Gasteiger partial charge in [0, 0.05) is 0 Å². The topological polar surface area (TPSA) is 53.2 Å². The molecule has 0 aliphatic carbocycles. The maximum absolute atomic E-state index is 12.2. The molecule has 0 saturated heterocycles. The summed E-state index contributed by atoms with van der Waals surface area (Å²) in [5.74, 6) is -0.404. The van der Waals surface area contributed by atoms with Crippen LogP contribution in [-0.4, -0.2) is 36.1 Å². The molecule has 0 fully saturated rings. The molecule has 0 aromatic heterocycles. The summed E-state index contributed by atoms with van der Waals surface area (Å²) in [5.41, 5.74) is 1.71.